The van der Waals surface area contributed by atoms with Crippen LogP contribution < -0.4 is 10.1 Å². The van der Waals surface area contributed by atoms with Gasteiger partial charge in [0.1, 0.15) is 5.75 Å². The molecular formula is C18H27NO2. The third kappa shape index (κ3) is 3.78. The Labute approximate surface area is 127 Å². The van der Waals surface area contributed by atoms with Crippen LogP contribution in [0.1, 0.15) is 56.6 Å². The van der Waals surface area contributed by atoms with Crippen LogP contribution in [-0.2, 0) is 0 Å². The molecule has 116 valence electrons. The quantitative estimate of drug-likeness (QED) is 0.816. The average Bonchev–Trinajstić information content (AvgIpc) is 3.34. The first-order valence-electron chi connectivity index (χ1n) is 8.36. The minimum atomic E-state index is -0.188. The smallest absolute Gasteiger partial charge is 0.118 e. The minimum absolute atomic E-state index is 0.188. The highest BCUT2D eigenvalue weighted by Crippen LogP contribution is 2.42. The molecule has 0 heterocycles. The monoisotopic (exact) mass is 289 g/mol. The van der Waals surface area contributed by atoms with Crippen LogP contribution in [0.25, 0.3) is 0 Å². The minimum Gasteiger partial charge on any atom is -0.497 e. The zero-order valence-electron chi connectivity index (χ0n) is 12.9. The summed E-state index contributed by atoms with van der Waals surface area (Å²) in [5.74, 6) is 1.64. The molecule has 3 rings (SSSR count). The number of benzene rings is 1. The summed E-state index contributed by atoms with van der Waals surface area (Å²) < 4.78 is 5.25. The summed E-state index contributed by atoms with van der Waals surface area (Å²) in [6, 6.07) is 9.04. The lowest BCUT2D eigenvalue weighted by atomic mass is 9.98. The second-order valence-corrected chi connectivity index (χ2v) is 6.57. The molecule has 3 atom stereocenters. The lowest BCUT2D eigenvalue weighted by Gasteiger charge is -2.28. The van der Waals surface area contributed by atoms with E-state index in [-0.39, 0.29) is 12.1 Å². The van der Waals surface area contributed by atoms with Crippen molar-refractivity contribution in [1.29, 1.82) is 0 Å². The molecular weight excluding hydrogens is 262 g/mol. The summed E-state index contributed by atoms with van der Waals surface area (Å²) in [6.45, 7) is 0. The molecule has 0 saturated heterocycles. The Kier molecular flexibility index (Phi) is 4.81. The van der Waals surface area contributed by atoms with Crippen LogP contribution in [0.5, 0.6) is 5.75 Å². The van der Waals surface area contributed by atoms with Gasteiger partial charge in [0.25, 0.3) is 0 Å². The first kappa shape index (κ1) is 14.9. The molecule has 0 bridgehead atoms. The largest absolute Gasteiger partial charge is 0.497 e. The molecule has 2 N–H and O–H groups in total. The molecule has 2 fully saturated rings. The van der Waals surface area contributed by atoms with E-state index < -0.39 is 0 Å². The van der Waals surface area contributed by atoms with E-state index in [0.29, 0.717) is 6.04 Å². The van der Waals surface area contributed by atoms with E-state index in [1.807, 2.05) is 12.1 Å². The first-order valence-corrected chi connectivity index (χ1v) is 8.36. The molecule has 1 aromatic carbocycles. The molecule has 3 nitrogen and oxygen atoms in total. The fraction of sp³-hybridized carbons (Fsp3) is 0.667. The van der Waals surface area contributed by atoms with Gasteiger partial charge in [-0.25, -0.2) is 0 Å². The number of hydrogen-bond acceptors (Lipinski definition) is 3. The number of aliphatic hydroxyl groups excluding tert-OH is 1. The van der Waals surface area contributed by atoms with E-state index in [1.165, 1.54) is 31.2 Å². The summed E-state index contributed by atoms with van der Waals surface area (Å²) in [6.07, 6.45) is 8.10. The number of rotatable bonds is 5. The molecule has 0 spiro atoms. The van der Waals surface area contributed by atoms with Gasteiger partial charge in [-0.15, -0.1) is 0 Å². The Morgan fingerprint density at radius 2 is 1.76 bits per heavy atom. The molecule has 0 radical (unpaired) electrons. The number of nitrogens with one attached hydrogen (secondary N) is 1. The highest BCUT2D eigenvalue weighted by molar-refractivity contribution is 5.30. The van der Waals surface area contributed by atoms with Crippen molar-refractivity contribution in [3.05, 3.63) is 29.8 Å². The van der Waals surface area contributed by atoms with Crippen molar-refractivity contribution in [3.8, 4) is 5.75 Å². The summed E-state index contributed by atoms with van der Waals surface area (Å²) in [4.78, 5) is 0. The topological polar surface area (TPSA) is 41.5 Å². The van der Waals surface area contributed by atoms with Crippen molar-refractivity contribution < 1.29 is 9.84 Å². The van der Waals surface area contributed by atoms with Gasteiger partial charge in [0.2, 0.25) is 0 Å². The Morgan fingerprint density at radius 1 is 1.05 bits per heavy atom. The lowest BCUT2D eigenvalue weighted by Crippen LogP contribution is -2.41. The van der Waals surface area contributed by atoms with Gasteiger partial charge in [0.15, 0.2) is 0 Å². The van der Waals surface area contributed by atoms with Gasteiger partial charge >= 0.3 is 0 Å². The molecule has 3 unspecified atom stereocenters. The molecule has 0 aromatic heterocycles. The summed E-state index contributed by atoms with van der Waals surface area (Å²) in [5, 5.41) is 14.1. The van der Waals surface area contributed by atoms with Crippen molar-refractivity contribution in [1.82, 2.24) is 5.32 Å². The maximum absolute atomic E-state index is 10.3. The second kappa shape index (κ2) is 6.80. The highest BCUT2D eigenvalue weighted by atomic mass is 16.5. The normalized spacial score (nSPS) is 27.9. The number of hydrogen-bond donors (Lipinski definition) is 2. The molecule has 0 aliphatic heterocycles. The predicted molar refractivity (Wildman–Crippen MR) is 84.5 cm³/mol. The van der Waals surface area contributed by atoms with Crippen LogP contribution >= 0.6 is 0 Å². The van der Waals surface area contributed by atoms with Gasteiger partial charge in [-0.3, -0.25) is 0 Å². The van der Waals surface area contributed by atoms with E-state index in [1.54, 1.807) is 7.11 Å². The molecule has 0 amide bonds. The van der Waals surface area contributed by atoms with Crippen LogP contribution in [0.3, 0.4) is 0 Å². The van der Waals surface area contributed by atoms with Crippen molar-refractivity contribution in [2.24, 2.45) is 5.92 Å². The van der Waals surface area contributed by atoms with Gasteiger partial charge in [0, 0.05) is 12.1 Å². The van der Waals surface area contributed by atoms with Crippen molar-refractivity contribution in [2.75, 3.05) is 7.11 Å². The fourth-order valence-corrected chi connectivity index (χ4v) is 3.46. The van der Waals surface area contributed by atoms with E-state index in [0.717, 1.165) is 30.9 Å². The summed E-state index contributed by atoms with van der Waals surface area (Å²) in [7, 11) is 1.70. The Bertz CT molecular complexity index is 441. The van der Waals surface area contributed by atoms with Crippen molar-refractivity contribution in [2.45, 2.75) is 63.1 Å². The zero-order valence-corrected chi connectivity index (χ0v) is 12.9. The maximum atomic E-state index is 10.3. The van der Waals surface area contributed by atoms with Crippen molar-refractivity contribution in [3.63, 3.8) is 0 Å². The van der Waals surface area contributed by atoms with Crippen LogP contribution in [0.15, 0.2) is 24.3 Å². The SMILES string of the molecule is COc1ccc(C(NC2CCCCCC2O)C2CC2)cc1. The highest BCUT2D eigenvalue weighted by Gasteiger charge is 2.35. The molecule has 2 aliphatic carbocycles. The van der Waals surface area contributed by atoms with E-state index in [2.05, 4.69) is 17.4 Å². The van der Waals surface area contributed by atoms with Crippen molar-refractivity contribution >= 4 is 0 Å². The Hall–Kier alpha value is -1.06. The lowest BCUT2D eigenvalue weighted by molar-refractivity contribution is 0.111. The number of ether oxygens (including phenoxy) is 1. The third-order valence-electron chi connectivity index (χ3n) is 4.94. The van der Waals surface area contributed by atoms with E-state index in [9.17, 15) is 5.11 Å². The Morgan fingerprint density at radius 3 is 2.43 bits per heavy atom. The molecule has 21 heavy (non-hydrogen) atoms. The van der Waals surface area contributed by atoms with Gasteiger partial charge in [-0.1, -0.05) is 31.4 Å². The standard InChI is InChI=1S/C18H27NO2/c1-21-15-11-9-14(10-12-15)18(13-7-8-13)19-16-5-3-2-4-6-17(16)20/h9-13,16-20H,2-8H2,1H3. The third-order valence-corrected chi connectivity index (χ3v) is 4.94. The average molecular weight is 289 g/mol. The first-order chi connectivity index (χ1) is 10.3. The molecule has 2 saturated carbocycles. The van der Waals surface area contributed by atoms with Gasteiger partial charge in [0.05, 0.1) is 13.2 Å². The zero-order chi connectivity index (χ0) is 14.7. The maximum Gasteiger partial charge on any atom is 0.118 e. The van der Waals surface area contributed by atoms with E-state index >= 15 is 0 Å². The number of methoxy groups -OCH3 is 1. The van der Waals surface area contributed by atoms with Crippen LogP contribution in [-0.4, -0.2) is 24.4 Å². The predicted octanol–water partition coefficient (Wildman–Crippen LogP) is 3.43. The number of aliphatic hydroxyl groups is 1. The molecule has 3 heteroatoms. The van der Waals surface area contributed by atoms with Gasteiger partial charge in [-0.2, -0.15) is 0 Å². The van der Waals surface area contributed by atoms with Gasteiger partial charge < -0.3 is 15.2 Å². The van der Waals surface area contributed by atoms with Crippen LogP contribution in [0.4, 0.5) is 0 Å². The summed E-state index contributed by atoms with van der Waals surface area (Å²) in [5.41, 5.74) is 1.33. The summed E-state index contributed by atoms with van der Waals surface area (Å²) >= 11 is 0. The van der Waals surface area contributed by atoms with Gasteiger partial charge in [-0.05, 0) is 49.3 Å². The fourth-order valence-electron chi connectivity index (χ4n) is 3.46. The van der Waals surface area contributed by atoms with Crippen LogP contribution in [0, 0.1) is 5.92 Å². The van der Waals surface area contributed by atoms with E-state index in [4.69, 9.17) is 4.74 Å². The second-order valence-electron chi connectivity index (χ2n) is 6.57. The van der Waals surface area contributed by atoms with Crippen LogP contribution in [0.2, 0.25) is 0 Å². The molecule has 2 aliphatic rings. The molecule has 1 aromatic rings. The Balaban J connectivity index is 1.71.